The number of amides is 1. The molecule has 1 heterocycles. The average Bonchev–Trinajstić information content (AvgIpc) is 2.89. The Kier molecular flexibility index (Phi) is 5.75. The molecule has 3 nitrogen and oxygen atoms in total. The van der Waals surface area contributed by atoms with E-state index in [1.54, 1.807) is 17.4 Å². The molecule has 0 bridgehead atoms. The number of nitrogens with one attached hydrogen (secondary N) is 1. The van der Waals surface area contributed by atoms with Crippen LogP contribution in [0.25, 0.3) is 6.08 Å². The van der Waals surface area contributed by atoms with E-state index in [9.17, 15) is 4.79 Å². The molecular weight excluding hydrogens is 316 g/mol. The first kappa shape index (κ1) is 16.7. The second kappa shape index (κ2) is 7.56. The number of benzene rings is 1. The standard InChI is InChI=1S/C17H19ClN2OS/c1-11(2)17(13-4-6-14(18)7-5-13)20-16(21)9-8-15-10-22-12(3)19-15/h4-11,17H,1-3H3,(H,20,21). The summed E-state index contributed by atoms with van der Waals surface area (Å²) in [6.07, 6.45) is 3.26. The van der Waals surface area contributed by atoms with Gasteiger partial charge in [-0.2, -0.15) is 0 Å². The van der Waals surface area contributed by atoms with E-state index in [1.807, 2.05) is 36.6 Å². The molecule has 1 atom stereocenters. The van der Waals surface area contributed by atoms with Crippen LogP contribution in [0.3, 0.4) is 0 Å². The van der Waals surface area contributed by atoms with Crippen LogP contribution in [0.5, 0.6) is 0 Å². The molecule has 1 unspecified atom stereocenters. The normalized spacial score (nSPS) is 12.8. The molecular formula is C17H19ClN2OS. The summed E-state index contributed by atoms with van der Waals surface area (Å²) < 4.78 is 0. The topological polar surface area (TPSA) is 42.0 Å². The lowest BCUT2D eigenvalue weighted by molar-refractivity contribution is -0.117. The quantitative estimate of drug-likeness (QED) is 0.810. The summed E-state index contributed by atoms with van der Waals surface area (Å²) in [5, 5.41) is 6.64. The summed E-state index contributed by atoms with van der Waals surface area (Å²) in [6, 6.07) is 7.52. The Morgan fingerprint density at radius 2 is 2.00 bits per heavy atom. The summed E-state index contributed by atoms with van der Waals surface area (Å²) in [7, 11) is 0. The van der Waals surface area contributed by atoms with Crippen LogP contribution in [0.1, 0.15) is 36.2 Å². The van der Waals surface area contributed by atoms with Crippen LogP contribution < -0.4 is 5.32 Å². The summed E-state index contributed by atoms with van der Waals surface area (Å²) >= 11 is 7.48. The van der Waals surface area contributed by atoms with Gasteiger partial charge in [-0.05, 0) is 36.6 Å². The van der Waals surface area contributed by atoms with Gasteiger partial charge in [-0.15, -0.1) is 11.3 Å². The molecule has 1 aromatic carbocycles. The van der Waals surface area contributed by atoms with E-state index in [1.165, 1.54) is 6.08 Å². The maximum atomic E-state index is 12.1. The van der Waals surface area contributed by atoms with Gasteiger partial charge in [0.25, 0.3) is 0 Å². The number of hydrogen-bond donors (Lipinski definition) is 1. The van der Waals surface area contributed by atoms with Crippen LogP contribution in [0.2, 0.25) is 5.02 Å². The van der Waals surface area contributed by atoms with Crippen molar-refractivity contribution in [1.29, 1.82) is 0 Å². The van der Waals surface area contributed by atoms with Gasteiger partial charge in [0.2, 0.25) is 5.91 Å². The van der Waals surface area contributed by atoms with Gasteiger partial charge in [0.05, 0.1) is 16.7 Å². The lowest BCUT2D eigenvalue weighted by atomic mass is 9.96. The van der Waals surface area contributed by atoms with Gasteiger partial charge in [-0.3, -0.25) is 4.79 Å². The van der Waals surface area contributed by atoms with Gasteiger partial charge in [0.1, 0.15) is 0 Å². The average molecular weight is 335 g/mol. The zero-order valence-electron chi connectivity index (χ0n) is 12.8. The molecule has 0 saturated heterocycles. The maximum Gasteiger partial charge on any atom is 0.244 e. The molecule has 116 valence electrons. The van der Waals surface area contributed by atoms with E-state index >= 15 is 0 Å². The molecule has 0 saturated carbocycles. The summed E-state index contributed by atoms with van der Waals surface area (Å²) in [4.78, 5) is 16.4. The monoisotopic (exact) mass is 334 g/mol. The molecule has 2 rings (SSSR count). The SMILES string of the molecule is Cc1nc(C=CC(=O)NC(c2ccc(Cl)cc2)C(C)C)cs1. The molecule has 0 radical (unpaired) electrons. The van der Waals surface area contributed by atoms with E-state index < -0.39 is 0 Å². The highest BCUT2D eigenvalue weighted by Gasteiger charge is 2.17. The number of aromatic nitrogens is 1. The first-order valence-corrected chi connectivity index (χ1v) is 8.37. The Labute approximate surface area is 140 Å². The molecule has 0 aliphatic rings. The van der Waals surface area contributed by atoms with Crippen molar-refractivity contribution in [1.82, 2.24) is 10.3 Å². The van der Waals surface area contributed by atoms with E-state index in [0.717, 1.165) is 16.3 Å². The Morgan fingerprint density at radius 1 is 1.32 bits per heavy atom. The molecule has 0 spiro atoms. The summed E-state index contributed by atoms with van der Waals surface area (Å²) in [5.74, 6) is 0.152. The number of nitrogens with zero attached hydrogens (tertiary/aromatic N) is 1. The molecule has 2 aromatic rings. The number of rotatable bonds is 5. The Balaban J connectivity index is 2.06. The van der Waals surface area contributed by atoms with Crippen molar-refractivity contribution >= 4 is 34.9 Å². The first-order chi connectivity index (χ1) is 10.5. The maximum absolute atomic E-state index is 12.1. The second-order valence-corrected chi connectivity index (χ2v) is 6.91. The third kappa shape index (κ3) is 4.68. The number of thiazole rings is 1. The summed E-state index contributed by atoms with van der Waals surface area (Å²) in [5.41, 5.74) is 1.86. The molecule has 22 heavy (non-hydrogen) atoms. The number of aryl methyl sites for hydroxylation is 1. The van der Waals surface area contributed by atoms with Crippen LogP contribution in [0.4, 0.5) is 0 Å². The fraction of sp³-hybridized carbons (Fsp3) is 0.294. The molecule has 0 aliphatic heterocycles. The van der Waals surface area contributed by atoms with Gasteiger partial charge in [0.15, 0.2) is 0 Å². The lowest BCUT2D eigenvalue weighted by Crippen LogP contribution is -2.30. The van der Waals surface area contributed by atoms with E-state index in [4.69, 9.17) is 11.6 Å². The smallest absolute Gasteiger partial charge is 0.244 e. The zero-order valence-corrected chi connectivity index (χ0v) is 14.4. The number of hydrogen-bond acceptors (Lipinski definition) is 3. The van der Waals surface area contributed by atoms with E-state index in [-0.39, 0.29) is 17.9 Å². The van der Waals surface area contributed by atoms with Crippen molar-refractivity contribution in [2.75, 3.05) is 0 Å². The Bertz CT molecular complexity index is 662. The number of halogens is 1. The van der Waals surface area contributed by atoms with Crippen molar-refractivity contribution in [3.8, 4) is 0 Å². The molecule has 0 aliphatic carbocycles. The van der Waals surface area contributed by atoms with Gasteiger partial charge >= 0.3 is 0 Å². The van der Waals surface area contributed by atoms with E-state index in [0.29, 0.717) is 5.02 Å². The molecule has 1 aromatic heterocycles. The Hall–Kier alpha value is -1.65. The highest BCUT2D eigenvalue weighted by Crippen LogP contribution is 2.23. The van der Waals surface area contributed by atoms with Crippen molar-refractivity contribution in [2.45, 2.75) is 26.8 Å². The minimum atomic E-state index is -0.126. The number of carbonyl (C=O) groups is 1. The highest BCUT2D eigenvalue weighted by atomic mass is 35.5. The first-order valence-electron chi connectivity index (χ1n) is 7.12. The molecule has 5 heteroatoms. The second-order valence-electron chi connectivity index (χ2n) is 5.41. The summed E-state index contributed by atoms with van der Waals surface area (Å²) in [6.45, 7) is 6.09. The van der Waals surface area contributed by atoms with Crippen molar-refractivity contribution < 1.29 is 4.79 Å². The minimum Gasteiger partial charge on any atom is -0.345 e. The van der Waals surface area contributed by atoms with Crippen molar-refractivity contribution in [3.05, 3.63) is 57.0 Å². The number of carbonyl (C=O) groups excluding carboxylic acids is 1. The largest absolute Gasteiger partial charge is 0.345 e. The predicted octanol–water partition coefficient (Wildman–Crippen LogP) is 4.63. The fourth-order valence-electron chi connectivity index (χ4n) is 2.12. The molecule has 0 fully saturated rings. The van der Waals surface area contributed by atoms with Crippen LogP contribution in [-0.2, 0) is 4.79 Å². The highest BCUT2D eigenvalue weighted by molar-refractivity contribution is 7.09. The lowest BCUT2D eigenvalue weighted by Gasteiger charge is -2.22. The van der Waals surface area contributed by atoms with Crippen LogP contribution in [0, 0.1) is 12.8 Å². The third-order valence-corrected chi connectivity index (χ3v) is 4.28. The van der Waals surface area contributed by atoms with Gasteiger partial charge in [-0.25, -0.2) is 4.98 Å². The fourth-order valence-corrected chi connectivity index (χ4v) is 2.83. The third-order valence-electron chi connectivity index (χ3n) is 3.24. The van der Waals surface area contributed by atoms with Crippen LogP contribution in [-0.4, -0.2) is 10.9 Å². The van der Waals surface area contributed by atoms with E-state index in [2.05, 4.69) is 24.1 Å². The van der Waals surface area contributed by atoms with Gasteiger partial charge < -0.3 is 5.32 Å². The Morgan fingerprint density at radius 3 is 2.55 bits per heavy atom. The van der Waals surface area contributed by atoms with Gasteiger partial charge in [0, 0.05) is 16.5 Å². The van der Waals surface area contributed by atoms with Crippen molar-refractivity contribution in [2.24, 2.45) is 5.92 Å². The predicted molar refractivity (Wildman–Crippen MR) is 93.1 cm³/mol. The van der Waals surface area contributed by atoms with Crippen molar-refractivity contribution in [3.63, 3.8) is 0 Å². The van der Waals surface area contributed by atoms with Crippen LogP contribution in [0.15, 0.2) is 35.7 Å². The molecule has 1 amide bonds. The molecule has 1 N–H and O–H groups in total. The minimum absolute atomic E-state index is 0.0495. The zero-order chi connectivity index (χ0) is 16.1. The van der Waals surface area contributed by atoms with Crippen LogP contribution >= 0.6 is 22.9 Å². The van der Waals surface area contributed by atoms with Gasteiger partial charge in [-0.1, -0.05) is 37.6 Å².